The SMILES string of the molecule is CCc1cc(Cn2nc(-c3cnc(OCC(F)(P)I)nc3)ccc2=O)on1. The molecule has 2 atom stereocenters. The third-order valence-corrected chi connectivity index (χ3v) is 3.94. The van der Waals surface area contributed by atoms with Gasteiger partial charge in [-0.1, -0.05) is 21.3 Å². The fraction of sp³-hybridized carbons (Fsp3) is 0.312. The molecule has 0 aromatic carbocycles. The molecule has 27 heavy (non-hydrogen) atoms. The minimum atomic E-state index is -1.59. The van der Waals surface area contributed by atoms with Crippen molar-refractivity contribution >= 4 is 31.8 Å². The van der Waals surface area contributed by atoms with Crippen molar-refractivity contribution in [2.45, 2.75) is 23.3 Å². The first-order valence-corrected chi connectivity index (χ1v) is 9.64. The van der Waals surface area contributed by atoms with Crippen molar-refractivity contribution in [2.24, 2.45) is 0 Å². The molecule has 0 saturated carbocycles. The zero-order chi connectivity index (χ0) is 19.4. The minimum absolute atomic E-state index is 0.0574. The van der Waals surface area contributed by atoms with Crippen LogP contribution in [0, 0.1) is 0 Å². The van der Waals surface area contributed by atoms with Gasteiger partial charge in [0.2, 0.25) is 3.42 Å². The van der Waals surface area contributed by atoms with Crippen LogP contribution in [0.3, 0.4) is 0 Å². The molecule has 11 heteroatoms. The predicted octanol–water partition coefficient (Wildman–Crippen LogP) is 2.61. The van der Waals surface area contributed by atoms with Gasteiger partial charge in [0.25, 0.3) is 5.56 Å². The van der Waals surface area contributed by atoms with Crippen molar-refractivity contribution in [3.8, 4) is 17.3 Å². The maximum absolute atomic E-state index is 13.4. The van der Waals surface area contributed by atoms with E-state index in [2.05, 4.69) is 20.2 Å². The Hall–Kier alpha value is -1.94. The molecule has 0 aliphatic rings. The lowest BCUT2D eigenvalue weighted by Gasteiger charge is -2.12. The van der Waals surface area contributed by atoms with Crippen LogP contribution in [0.4, 0.5) is 4.39 Å². The van der Waals surface area contributed by atoms with Gasteiger partial charge in [0.1, 0.15) is 13.2 Å². The van der Waals surface area contributed by atoms with Crippen molar-refractivity contribution in [1.29, 1.82) is 0 Å². The molecule has 3 aromatic heterocycles. The Labute approximate surface area is 169 Å². The van der Waals surface area contributed by atoms with Gasteiger partial charge in [-0.3, -0.25) is 4.79 Å². The molecule has 8 nitrogen and oxygen atoms in total. The van der Waals surface area contributed by atoms with E-state index in [9.17, 15) is 9.18 Å². The minimum Gasteiger partial charge on any atom is -0.459 e. The lowest BCUT2D eigenvalue weighted by atomic mass is 10.2. The Bertz CT molecular complexity index is 971. The molecule has 0 amide bonds. The van der Waals surface area contributed by atoms with Crippen LogP contribution in [0.1, 0.15) is 18.4 Å². The Balaban J connectivity index is 1.77. The van der Waals surface area contributed by atoms with Crippen molar-refractivity contribution < 1.29 is 13.7 Å². The summed E-state index contributed by atoms with van der Waals surface area (Å²) in [6.07, 6.45) is 3.74. The van der Waals surface area contributed by atoms with Gasteiger partial charge < -0.3 is 9.26 Å². The van der Waals surface area contributed by atoms with Crippen LogP contribution in [-0.2, 0) is 13.0 Å². The molecule has 0 saturated heterocycles. The Kier molecular flexibility index (Phi) is 6.15. The normalized spacial score (nSPS) is 13.3. The highest BCUT2D eigenvalue weighted by molar-refractivity contribution is 14.1. The van der Waals surface area contributed by atoms with E-state index in [0.29, 0.717) is 17.0 Å². The summed E-state index contributed by atoms with van der Waals surface area (Å²) >= 11 is 1.60. The van der Waals surface area contributed by atoms with Gasteiger partial charge in [0, 0.05) is 30.1 Å². The van der Waals surface area contributed by atoms with E-state index in [1.54, 1.807) is 34.7 Å². The number of rotatable bonds is 7. The molecule has 3 aromatic rings. The molecule has 0 bridgehead atoms. The van der Waals surface area contributed by atoms with Crippen molar-refractivity contribution in [2.75, 3.05) is 6.61 Å². The average molecular weight is 503 g/mol. The topological polar surface area (TPSA) is 95.9 Å². The number of hydrogen-bond acceptors (Lipinski definition) is 7. The third-order valence-electron chi connectivity index (χ3n) is 3.46. The number of aryl methyl sites for hydroxylation is 1. The van der Waals surface area contributed by atoms with Crippen molar-refractivity contribution in [1.82, 2.24) is 24.9 Å². The van der Waals surface area contributed by atoms with Gasteiger partial charge in [-0.05, 0) is 35.1 Å². The van der Waals surface area contributed by atoms with Gasteiger partial charge in [-0.2, -0.15) is 5.10 Å². The first kappa shape index (κ1) is 19.8. The fourth-order valence-corrected chi connectivity index (χ4v) is 2.38. The molecule has 0 radical (unpaired) electrons. The Morgan fingerprint density at radius 3 is 2.74 bits per heavy atom. The lowest BCUT2D eigenvalue weighted by Crippen LogP contribution is -2.22. The molecule has 2 unspecified atom stereocenters. The predicted molar refractivity (Wildman–Crippen MR) is 108 cm³/mol. The molecule has 0 aliphatic heterocycles. The van der Waals surface area contributed by atoms with E-state index in [0.717, 1.165) is 12.1 Å². The number of hydrogen-bond donors (Lipinski definition) is 0. The molecule has 3 heterocycles. The second-order valence-corrected chi connectivity index (χ2v) is 9.54. The van der Waals surface area contributed by atoms with Gasteiger partial charge >= 0.3 is 6.01 Å². The number of ether oxygens (including phenoxy) is 1. The standard InChI is InChI=1S/C16H16FIN5O3P/c1-2-11-5-12(26-22-11)8-23-14(24)4-3-13(21-23)10-6-19-15(20-7-10)25-9-16(17,18)27/h3-7H,2,8-9,27H2,1H3. The van der Waals surface area contributed by atoms with E-state index >= 15 is 0 Å². The quantitative estimate of drug-likeness (QED) is 0.278. The number of nitrogens with zero attached hydrogens (tertiary/aromatic N) is 5. The molecule has 0 fully saturated rings. The highest BCUT2D eigenvalue weighted by Crippen LogP contribution is 2.29. The zero-order valence-corrected chi connectivity index (χ0v) is 17.6. The summed E-state index contributed by atoms with van der Waals surface area (Å²) in [4.78, 5) is 20.1. The van der Waals surface area contributed by atoms with Gasteiger partial charge in [0.05, 0.1) is 11.4 Å². The summed E-state index contributed by atoms with van der Waals surface area (Å²) in [5.41, 5.74) is 1.65. The molecule has 142 valence electrons. The summed E-state index contributed by atoms with van der Waals surface area (Å²) < 4.78 is 23.5. The number of alkyl halides is 2. The van der Waals surface area contributed by atoms with Crippen LogP contribution in [0.25, 0.3) is 11.3 Å². The van der Waals surface area contributed by atoms with Gasteiger partial charge in [-0.25, -0.2) is 19.0 Å². The van der Waals surface area contributed by atoms with E-state index in [1.807, 2.05) is 16.2 Å². The highest BCUT2D eigenvalue weighted by Gasteiger charge is 2.19. The molecule has 0 N–H and O–H groups in total. The van der Waals surface area contributed by atoms with Crippen LogP contribution in [0.5, 0.6) is 6.01 Å². The largest absolute Gasteiger partial charge is 0.459 e. The monoisotopic (exact) mass is 503 g/mol. The summed E-state index contributed by atoms with van der Waals surface area (Å²) in [5, 5.41) is 8.22. The molecule has 0 spiro atoms. The van der Waals surface area contributed by atoms with Gasteiger partial charge in [0.15, 0.2) is 5.76 Å². The zero-order valence-electron chi connectivity index (χ0n) is 14.3. The van der Waals surface area contributed by atoms with Crippen LogP contribution < -0.4 is 10.3 Å². The molecule has 0 aliphatic carbocycles. The van der Waals surface area contributed by atoms with E-state index in [1.165, 1.54) is 23.1 Å². The maximum atomic E-state index is 13.4. The van der Waals surface area contributed by atoms with Crippen LogP contribution in [-0.4, -0.2) is 34.9 Å². The third kappa shape index (κ3) is 5.52. The van der Waals surface area contributed by atoms with Crippen LogP contribution >= 0.6 is 31.8 Å². The average Bonchev–Trinajstić information content (AvgIpc) is 3.09. The summed E-state index contributed by atoms with van der Waals surface area (Å²) in [5.74, 6) is 0.546. The summed E-state index contributed by atoms with van der Waals surface area (Å²) in [7, 11) is 2.03. The van der Waals surface area contributed by atoms with Crippen molar-refractivity contribution in [3.63, 3.8) is 0 Å². The smallest absolute Gasteiger partial charge is 0.316 e. The summed E-state index contributed by atoms with van der Waals surface area (Å²) in [6.45, 7) is 1.94. The highest BCUT2D eigenvalue weighted by atomic mass is 127. The first-order chi connectivity index (χ1) is 12.8. The van der Waals surface area contributed by atoms with Crippen LogP contribution in [0.2, 0.25) is 0 Å². The lowest BCUT2D eigenvalue weighted by molar-refractivity contribution is 0.228. The van der Waals surface area contributed by atoms with E-state index in [4.69, 9.17) is 9.26 Å². The number of aromatic nitrogens is 5. The maximum Gasteiger partial charge on any atom is 0.316 e. The second kappa shape index (κ2) is 8.39. The number of halogens is 2. The second-order valence-electron chi connectivity index (χ2n) is 5.66. The molecule has 3 rings (SSSR count). The Morgan fingerprint density at radius 2 is 2.11 bits per heavy atom. The first-order valence-electron chi connectivity index (χ1n) is 7.98. The fourth-order valence-electron chi connectivity index (χ4n) is 2.14. The molecular weight excluding hydrogens is 487 g/mol. The Morgan fingerprint density at radius 1 is 1.37 bits per heavy atom. The van der Waals surface area contributed by atoms with E-state index in [-0.39, 0.29) is 24.7 Å². The van der Waals surface area contributed by atoms with Crippen LogP contribution in [0.15, 0.2) is 39.9 Å². The van der Waals surface area contributed by atoms with Gasteiger partial charge in [-0.15, -0.1) is 0 Å². The van der Waals surface area contributed by atoms with Crippen molar-refractivity contribution in [3.05, 3.63) is 52.4 Å². The summed E-state index contributed by atoms with van der Waals surface area (Å²) in [6, 6.07) is 4.84. The molecular formula is C16H16FIN5O3P. The van der Waals surface area contributed by atoms with E-state index < -0.39 is 3.42 Å².